The van der Waals surface area contributed by atoms with Crippen LogP contribution in [-0.2, 0) is 11.2 Å². The highest BCUT2D eigenvalue weighted by Crippen LogP contribution is 2.28. The van der Waals surface area contributed by atoms with Crippen LogP contribution in [0.5, 0.6) is 11.5 Å². The van der Waals surface area contributed by atoms with Crippen LogP contribution in [0.15, 0.2) is 54.6 Å². The van der Waals surface area contributed by atoms with Crippen molar-refractivity contribution in [2.45, 2.75) is 26.7 Å². The minimum absolute atomic E-state index is 0.0396. The number of fused-ring (bicyclic) bond motifs is 1. The zero-order chi connectivity index (χ0) is 22.7. The van der Waals surface area contributed by atoms with Crippen LogP contribution in [0, 0.1) is 13.8 Å². The third-order valence-corrected chi connectivity index (χ3v) is 5.63. The predicted molar refractivity (Wildman–Crippen MR) is 128 cm³/mol. The molecule has 4 aromatic rings. The molecule has 1 heterocycles. The lowest BCUT2D eigenvalue weighted by atomic mass is 10.1. The zero-order valence-electron chi connectivity index (χ0n) is 18.8. The van der Waals surface area contributed by atoms with Gasteiger partial charge in [-0.05, 0) is 85.5 Å². The minimum atomic E-state index is -0.0396. The second-order valence-corrected chi connectivity index (χ2v) is 7.85. The molecule has 164 valence electrons. The molecule has 1 amide bonds. The van der Waals surface area contributed by atoms with E-state index in [4.69, 9.17) is 14.5 Å². The van der Waals surface area contributed by atoms with E-state index in [1.165, 1.54) is 11.1 Å². The van der Waals surface area contributed by atoms with Gasteiger partial charge in [0.25, 0.3) is 0 Å². The number of anilines is 1. The molecule has 2 N–H and O–H groups in total. The fourth-order valence-electron chi connectivity index (χ4n) is 3.64. The van der Waals surface area contributed by atoms with Gasteiger partial charge in [-0.1, -0.05) is 6.07 Å². The summed E-state index contributed by atoms with van der Waals surface area (Å²) in [6.07, 6.45) is 0.988. The Labute approximate surface area is 187 Å². The van der Waals surface area contributed by atoms with Crippen molar-refractivity contribution in [2.75, 3.05) is 19.5 Å². The van der Waals surface area contributed by atoms with Gasteiger partial charge in [-0.2, -0.15) is 0 Å². The summed E-state index contributed by atoms with van der Waals surface area (Å²) < 4.78 is 10.6. The number of amides is 1. The summed E-state index contributed by atoms with van der Waals surface area (Å²) in [6.45, 7) is 4.18. The third kappa shape index (κ3) is 4.59. The number of imidazole rings is 1. The van der Waals surface area contributed by atoms with Crippen LogP contribution in [0.3, 0.4) is 0 Å². The number of aromatic amines is 1. The molecule has 0 unspecified atom stereocenters. The van der Waals surface area contributed by atoms with Gasteiger partial charge in [0.05, 0.1) is 25.3 Å². The van der Waals surface area contributed by atoms with Crippen molar-refractivity contribution in [3.63, 3.8) is 0 Å². The van der Waals surface area contributed by atoms with Gasteiger partial charge in [0.2, 0.25) is 5.91 Å². The number of carbonyl (C=O) groups is 1. The SMILES string of the molecule is COc1ccc(CCC(=O)Nc2ccc(-c3nc4cc(C)c(C)cc4[nH]3)cc2)cc1OC. The van der Waals surface area contributed by atoms with Crippen molar-refractivity contribution in [1.29, 1.82) is 0 Å². The molecule has 0 bridgehead atoms. The molecule has 0 fully saturated rings. The predicted octanol–water partition coefficient (Wildman–Crippen LogP) is 5.44. The number of carbonyl (C=O) groups excluding carboxylic acids is 1. The minimum Gasteiger partial charge on any atom is -0.493 e. The van der Waals surface area contributed by atoms with Crippen molar-refractivity contribution in [1.82, 2.24) is 9.97 Å². The van der Waals surface area contributed by atoms with E-state index >= 15 is 0 Å². The molecule has 6 heteroatoms. The second kappa shape index (κ2) is 9.14. The fourth-order valence-corrected chi connectivity index (χ4v) is 3.64. The number of nitrogens with zero attached hydrogens (tertiary/aromatic N) is 1. The van der Waals surface area contributed by atoms with Gasteiger partial charge in [-0.25, -0.2) is 4.98 Å². The Bertz CT molecular complexity index is 1220. The van der Waals surface area contributed by atoms with Crippen molar-refractivity contribution in [3.05, 3.63) is 71.3 Å². The highest BCUT2D eigenvalue weighted by atomic mass is 16.5. The Kier molecular flexibility index (Phi) is 6.12. The monoisotopic (exact) mass is 429 g/mol. The summed E-state index contributed by atoms with van der Waals surface area (Å²) in [6, 6.07) is 17.6. The molecule has 0 saturated heterocycles. The number of benzene rings is 3. The van der Waals surface area contributed by atoms with E-state index in [-0.39, 0.29) is 5.91 Å². The molecular weight excluding hydrogens is 402 g/mol. The fraction of sp³-hybridized carbons (Fsp3) is 0.231. The average molecular weight is 430 g/mol. The topological polar surface area (TPSA) is 76.2 Å². The van der Waals surface area contributed by atoms with Crippen LogP contribution in [-0.4, -0.2) is 30.1 Å². The van der Waals surface area contributed by atoms with Gasteiger partial charge < -0.3 is 19.8 Å². The maximum atomic E-state index is 12.4. The van der Waals surface area contributed by atoms with Crippen LogP contribution in [0.25, 0.3) is 22.4 Å². The summed E-state index contributed by atoms with van der Waals surface area (Å²) in [4.78, 5) is 20.5. The van der Waals surface area contributed by atoms with Crippen LogP contribution >= 0.6 is 0 Å². The normalized spacial score (nSPS) is 10.9. The van der Waals surface area contributed by atoms with E-state index in [2.05, 4.69) is 36.3 Å². The maximum Gasteiger partial charge on any atom is 0.224 e. The maximum absolute atomic E-state index is 12.4. The molecule has 0 atom stereocenters. The number of methoxy groups -OCH3 is 2. The first-order chi connectivity index (χ1) is 15.5. The van der Waals surface area contributed by atoms with Crippen molar-refractivity contribution in [2.24, 2.45) is 0 Å². The summed E-state index contributed by atoms with van der Waals surface area (Å²) in [5.74, 6) is 2.12. The summed E-state index contributed by atoms with van der Waals surface area (Å²) >= 11 is 0. The molecule has 0 spiro atoms. The number of nitrogens with one attached hydrogen (secondary N) is 2. The molecule has 0 aliphatic carbocycles. The van der Waals surface area contributed by atoms with Gasteiger partial charge in [0.1, 0.15) is 5.82 Å². The van der Waals surface area contributed by atoms with Gasteiger partial charge in [-0.3, -0.25) is 4.79 Å². The third-order valence-electron chi connectivity index (χ3n) is 5.63. The number of H-pyrrole nitrogens is 1. The lowest BCUT2D eigenvalue weighted by molar-refractivity contribution is -0.116. The smallest absolute Gasteiger partial charge is 0.224 e. The zero-order valence-corrected chi connectivity index (χ0v) is 18.8. The Balaban J connectivity index is 1.39. The Morgan fingerprint density at radius 3 is 2.38 bits per heavy atom. The van der Waals surface area contributed by atoms with Crippen LogP contribution in [0.4, 0.5) is 5.69 Å². The van der Waals surface area contributed by atoms with Crippen molar-refractivity contribution >= 4 is 22.6 Å². The Morgan fingerprint density at radius 2 is 1.66 bits per heavy atom. The molecular formula is C26H27N3O3. The average Bonchev–Trinajstić information content (AvgIpc) is 3.20. The van der Waals surface area contributed by atoms with Crippen molar-refractivity contribution in [3.8, 4) is 22.9 Å². The van der Waals surface area contributed by atoms with Crippen molar-refractivity contribution < 1.29 is 14.3 Å². The van der Waals surface area contributed by atoms with Gasteiger partial charge in [-0.15, -0.1) is 0 Å². The highest BCUT2D eigenvalue weighted by Gasteiger charge is 2.09. The van der Waals surface area contributed by atoms with E-state index in [1.807, 2.05) is 42.5 Å². The lowest BCUT2D eigenvalue weighted by Gasteiger charge is -2.10. The Morgan fingerprint density at radius 1 is 0.938 bits per heavy atom. The number of aromatic nitrogens is 2. The van der Waals surface area contributed by atoms with E-state index in [1.54, 1.807) is 14.2 Å². The Hall–Kier alpha value is -3.80. The highest BCUT2D eigenvalue weighted by molar-refractivity contribution is 5.91. The van der Waals surface area contributed by atoms with E-state index in [9.17, 15) is 4.79 Å². The van der Waals surface area contributed by atoms with Crippen LogP contribution in [0.1, 0.15) is 23.1 Å². The van der Waals surface area contributed by atoms with Gasteiger partial charge in [0, 0.05) is 17.7 Å². The molecule has 3 aromatic carbocycles. The largest absolute Gasteiger partial charge is 0.493 e. The first kappa shape index (κ1) is 21.4. The molecule has 1 aromatic heterocycles. The van der Waals surface area contributed by atoms with E-state index in [0.29, 0.717) is 24.3 Å². The van der Waals surface area contributed by atoms with Crippen LogP contribution in [0.2, 0.25) is 0 Å². The number of hydrogen-bond donors (Lipinski definition) is 2. The first-order valence-electron chi connectivity index (χ1n) is 10.5. The number of rotatable bonds is 7. The number of ether oxygens (including phenoxy) is 2. The number of hydrogen-bond acceptors (Lipinski definition) is 4. The lowest BCUT2D eigenvalue weighted by Crippen LogP contribution is -2.12. The second-order valence-electron chi connectivity index (χ2n) is 7.85. The molecule has 6 nitrogen and oxygen atoms in total. The molecule has 0 radical (unpaired) electrons. The summed E-state index contributed by atoms with van der Waals surface area (Å²) in [5.41, 5.74) is 7.18. The first-order valence-corrected chi connectivity index (χ1v) is 10.5. The summed E-state index contributed by atoms with van der Waals surface area (Å²) in [7, 11) is 3.21. The standard InChI is InChI=1S/C26H27N3O3/c1-16-13-21-22(14-17(16)2)29-26(28-21)19-7-9-20(10-8-19)27-25(30)12-6-18-5-11-23(31-3)24(15-18)32-4/h5,7-11,13-15H,6,12H2,1-4H3,(H,27,30)(H,28,29). The quantitative estimate of drug-likeness (QED) is 0.410. The molecule has 0 saturated carbocycles. The molecule has 4 rings (SSSR count). The van der Waals surface area contributed by atoms with E-state index in [0.717, 1.165) is 33.7 Å². The van der Waals surface area contributed by atoms with E-state index < -0.39 is 0 Å². The molecule has 32 heavy (non-hydrogen) atoms. The molecule has 0 aliphatic rings. The van der Waals surface area contributed by atoms with Gasteiger partial charge in [0.15, 0.2) is 11.5 Å². The van der Waals surface area contributed by atoms with Crippen LogP contribution < -0.4 is 14.8 Å². The molecule has 0 aliphatic heterocycles. The summed E-state index contributed by atoms with van der Waals surface area (Å²) in [5, 5.41) is 2.96. The number of aryl methyl sites for hydroxylation is 3. The van der Waals surface area contributed by atoms with Gasteiger partial charge >= 0.3 is 0 Å².